The first-order valence-electron chi connectivity index (χ1n) is 8.48. The summed E-state index contributed by atoms with van der Waals surface area (Å²) in [6.07, 6.45) is 0.834. The molecular weight excluding hydrogens is 423 g/mol. The minimum atomic E-state index is -0.394. The lowest BCUT2D eigenvalue weighted by Crippen LogP contribution is -2.32. The van der Waals surface area contributed by atoms with Crippen molar-refractivity contribution in [3.05, 3.63) is 45.9 Å². The van der Waals surface area contributed by atoms with E-state index in [2.05, 4.69) is 22.0 Å². The summed E-state index contributed by atoms with van der Waals surface area (Å²) in [4.78, 5) is 15.6. The van der Waals surface area contributed by atoms with Crippen LogP contribution < -0.4 is 10.1 Å². The molecule has 1 heterocycles. The van der Waals surface area contributed by atoms with E-state index in [-0.39, 0.29) is 43.6 Å². The lowest BCUT2D eigenvalue weighted by molar-refractivity contribution is -0.142. The molecule has 2 atom stereocenters. The van der Waals surface area contributed by atoms with Gasteiger partial charge in [-0.15, -0.1) is 36.2 Å². The Hall–Kier alpha value is -1.38. The quantitative estimate of drug-likeness (QED) is 0.555. The zero-order valence-electron chi connectivity index (χ0n) is 16.5. The molecule has 0 aliphatic carbocycles. The van der Waals surface area contributed by atoms with E-state index < -0.39 is 5.97 Å². The number of thiazole rings is 1. The maximum atomic E-state index is 11.1. The summed E-state index contributed by atoms with van der Waals surface area (Å²) in [5.74, 6) is 0.257. The van der Waals surface area contributed by atoms with Crippen molar-refractivity contribution in [2.45, 2.75) is 32.4 Å². The molecule has 0 bridgehead atoms. The first-order valence-corrected chi connectivity index (χ1v) is 9.36. The SMILES string of the molecule is COC(=O)COc1ccc(CC(C)NCC(OC)c2csc(C)n2)cc1.Cl.Cl. The number of hydrogen-bond acceptors (Lipinski definition) is 7. The van der Waals surface area contributed by atoms with Crippen LogP contribution in [0.15, 0.2) is 29.6 Å². The van der Waals surface area contributed by atoms with E-state index in [1.54, 1.807) is 18.4 Å². The summed E-state index contributed by atoms with van der Waals surface area (Å²) >= 11 is 1.63. The number of nitrogens with one attached hydrogen (secondary N) is 1. The zero-order valence-corrected chi connectivity index (χ0v) is 18.9. The predicted molar refractivity (Wildman–Crippen MR) is 116 cm³/mol. The molecule has 0 amide bonds. The molecule has 0 radical (unpaired) electrons. The van der Waals surface area contributed by atoms with Crippen molar-refractivity contribution in [3.8, 4) is 5.75 Å². The van der Waals surface area contributed by atoms with Gasteiger partial charge in [-0.05, 0) is 38.0 Å². The van der Waals surface area contributed by atoms with Crippen molar-refractivity contribution in [1.82, 2.24) is 10.3 Å². The van der Waals surface area contributed by atoms with E-state index in [1.807, 2.05) is 36.6 Å². The standard InChI is InChI=1S/C19H26N2O4S.2ClH/c1-13(20-10-18(23-3)17-12-26-14(2)21-17)9-15-5-7-16(8-6-15)25-11-19(22)24-4;;/h5-8,12-13,18,20H,9-11H2,1-4H3;2*1H. The molecule has 0 aliphatic rings. The summed E-state index contributed by atoms with van der Waals surface area (Å²) in [7, 11) is 3.05. The van der Waals surface area contributed by atoms with Gasteiger partial charge in [0.15, 0.2) is 6.61 Å². The number of aromatic nitrogens is 1. The molecule has 0 fully saturated rings. The third-order valence-electron chi connectivity index (χ3n) is 3.95. The Balaban J connectivity index is 0.00000364. The van der Waals surface area contributed by atoms with Crippen LogP contribution in [-0.2, 0) is 20.7 Å². The first kappa shape index (κ1) is 26.6. The minimum absolute atomic E-state index is 0. The van der Waals surface area contributed by atoms with Crippen LogP contribution in [0.1, 0.15) is 29.3 Å². The summed E-state index contributed by atoms with van der Waals surface area (Å²) in [6.45, 7) is 4.76. The molecule has 158 valence electrons. The highest BCUT2D eigenvalue weighted by atomic mass is 35.5. The topological polar surface area (TPSA) is 69.7 Å². The van der Waals surface area contributed by atoms with Crippen molar-refractivity contribution in [1.29, 1.82) is 0 Å². The van der Waals surface area contributed by atoms with Crippen molar-refractivity contribution >= 4 is 42.1 Å². The third kappa shape index (κ3) is 8.75. The van der Waals surface area contributed by atoms with Gasteiger partial charge in [-0.2, -0.15) is 0 Å². The van der Waals surface area contributed by atoms with Crippen LogP contribution in [0.5, 0.6) is 5.75 Å². The van der Waals surface area contributed by atoms with Crippen LogP contribution in [0.2, 0.25) is 0 Å². The van der Waals surface area contributed by atoms with Gasteiger partial charge < -0.3 is 19.5 Å². The number of carbonyl (C=O) groups is 1. The molecular formula is C19H28Cl2N2O4S. The molecule has 1 N–H and O–H groups in total. The normalized spacial score (nSPS) is 12.3. The Morgan fingerprint density at radius 3 is 2.43 bits per heavy atom. The maximum Gasteiger partial charge on any atom is 0.343 e. The van der Waals surface area contributed by atoms with Gasteiger partial charge in [0.05, 0.1) is 17.8 Å². The number of methoxy groups -OCH3 is 2. The molecule has 0 aliphatic heterocycles. The molecule has 1 aromatic carbocycles. The number of nitrogens with zero attached hydrogens (tertiary/aromatic N) is 1. The van der Waals surface area contributed by atoms with Crippen molar-refractivity contribution in [3.63, 3.8) is 0 Å². The largest absolute Gasteiger partial charge is 0.482 e. The number of ether oxygens (including phenoxy) is 3. The highest BCUT2D eigenvalue weighted by molar-refractivity contribution is 7.09. The van der Waals surface area contributed by atoms with E-state index in [9.17, 15) is 4.79 Å². The van der Waals surface area contributed by atoms with E-state index in [1.165, 1.54) is 12.7 Å². The molecule has 2 unspecified atom stereocenters. The van der Waals surface area contributed by atoms with Crippen LogP contribution >= 0.6 is 36.2 Å². The van der Waals surface area contributed by atoms with Crippen LogP contribution in [0.25, 0.3) is 0 Å². The fourth-order valence-electron chi connectivity index (χ4n) is 2.49. The summed E-state index contributed by atoms with van der Waals surface area (Å²) in [6, 6.07) is 8.02. The van der Waals surface area contributed by atoms with Gasteiger partial charge in [-0.1, -0.05) is 12.1 Å². The highest BCUT2D eigenvalue weighted by Crippen LogP contribution is 2.19. The van der Waals surface area contributed by atoms with Gasteiger partial charge in [0.25, 0.3) is 0 Å². The smallest absolute Gasteiger partial charge is 0.343 e. The number of hydrogen-bond donors (Lipinski definition) is 1. The third-order valence-corrected chi connectivity index (χ3v) is 4.74. The van der Waals surface area contributed by atoms with Gasteiger partial charge in [-0.3, -0.25) is 0 Å². The number of rotatable bonds is 10. The summed E-state index contributed by atoms with van der Waals surface area (Å²) < 4.78 is 15.5. The first-order chi connectivity index (χ1) is 12.5. The van der Waals surface area contributed by atoms with E-state index >= 15 is 0 Å². The summed E-state index contributed by atoms with van der Waals surface area (Å²) in [5.41, 5.74) is 2.16. The molecule has 0 saturated carbocycles. The van der Waals surface area contributed by atoms with Crippen molar-refractivity contribution in [2.75, 3.05) is 27.4 Å². The Morgan fingerprint density at radius 1 is 1.21 bits per heavy atom. The van der Waals surface area contributed by atoms with Gasteiger partial charge >= 0.3 is 5.97 Å². The van der Waals surface area contributed by atoms with E-state index in [0.29, 0.717) is 12.3 Å². The molecule has 6 nitrogen and oxygen atoms in total. The van der Waals surface area contributed by atoms with Crippen LogP contribution in [-0.4, -0.2) is 44.4 Å². The zero-order chi connectivity index (χ0) is 18.9. The Bertz CT molecular complexity index is 697. The van der Waals surface area contributed by atoms with E-state index in [0.717, 1.165) is 17.1 Å². The Labute approximate surface area is 182 Å². The van der Waals surface area contributed by atoms with Gasteiger partial charge in [0, 0.05) is 25.1 Å². The van der Waals surface area contributed by atoms with Crippen molar-refractivity contribution < 1.29 is 19.0 Å². The van der Waals surface area contributed by atoms with Crippen LogP contribution in [0.3, 0.4) is 0 Å². The Morgan fingerprint density at radius 2 is 1.89 bits per heavy atom. The van der Waals surface area contributed by atoms with Gasteiger partial charge in [0.2, 0.25) is 0 Å². The lowest BCUT2D eigenvalue weighted by Gasteiger charge is -2.19. The second kappa shape index (κ2) is 13.7. The number of aryl methyl sites for hydroxylation is 1. The molecule has 9 heteroatoms. The minimum Gasteiger partial charge on any atom is -0.482 e. The number of esters is 1. The number of benzene rings is 1. The summed E-state index contributed by atoms with van der Waals surface area (Å²) in [5, 5.41) is 6.59. The average molecular weight is 451 g/mol. The average Bonchev–Trinajstić information content (AvgIpc) is 3.07. The molecule has 0 saturated heterocycles. The molecule has 1 aromatic heterocycles. The second-order valence-electron chi connectivity index (χ2n) is 6.04. The molecule has 2 rings (SSSR count). The maximum absolute atomic E-state index is 11.1. The van der Waals surface area contributed by atoms with Crippen molar-refractivity contribution in [2.24, 2.45) is 0 Å². The molecule has 28 heavy (non-hydrogen) atoms. The molecule has 0 spiro atoms. The lowest BCUT2D eigenvalue weighted by atomic mass is 10.1. The fourth-order valence-corrected chi connectivity index (χ4v) is 3.15. The molecule has 2 aromatic rings. The number of carbonyl (C=O) groups excluding carboxylic acids is 1. The van der Waals surface area contributed by atoms with Gasteiger partial charge in [0.1, 0.15) is 11.9 Å². The second-order valence-corrected chi connectivity index (χ2v) is 7.10. The van der Waals surface area contributed by atoms with Gasteiger partial charge in [-0.25, -0.2) is 9.78 Å². The monoisotopic (exact) mass is 450 g/mol. The number of halogens is 2. The predicted octanol–water partition coefficient (Wildman–Crippen LogP) is 3.76. The fraction of sp³-hybridized carbons (Fsp3) is 0.474. The van der Waals surface area contributed by atoms with Crippen LogP contribution in [0.4, 0.5) is 0 Å². The Kier molecular flexibility index (Phi) is 13.1. The highest BCUT2D eigenvalue weighted by Gasteiger charge is 2.15. The van der Waals surface area contributed by atoms with E-state index in [4.69, 9.17) is 9.47 Å². The van der Waals surface area contributed by atoms with Crippen LogP contribution in [0, 0.1) is 6.92 Å².